The van der Waals surface area contributed by atoms with Crippen molar-refractivity contribution < 1.29 is 9.47 Å². The Kier molecular flexibility index (Phi) is 3.92. The van der Waals surface area contributed by atoms with Gasteiger partial charge in [0.05, 0.1) is 19.8 Å². The van der Waals surface area contributed by atoms with Gasteiger partial charge in [-0.3, -0.25) is 0 Å². The van der Waals surface area contributed by atoms with Gasteiger partial charge in [0, 0.05) is 7.11 Å². The number of benzene rings is 1. The van der Waals surface area contributed by atoms with Crippen LogP contribution in [0.1, 0.15) is 17.2 Å². The van der Waals surface area contributed by atoms with Crippen LogP contribution in [0.25, 0.3) is 0 Å². The molecule has 0 unspecified atom stereocenters. The van der Waals surface area contributed by atoms with Gasteiger partial charge < -0.3 is 15.2 Å². The first-order valence-corrected chi connectivity index (χ1v) is 4.58. The highest BCUT2D eigenvalue weighted by atomic mass is 16.5. The smallest absolute Gasteiger partial charge is 0.122 e. The molecule has 0 saturated carbocycles. The van der Waals surface area contributed by atoms with Crippen molar-refractivity contribution in [1.82, 2.24) is 0 Å². The summed E-state index contributed by atoms with van der Waals surface area (Å²) >= 11 is 0. The zero-order valence-corrected chi connectivity index (χ0v) is 8.91. The molecule has 0 aliphatic heterocycles. The lowest BCUT2D eigenvalue weighted by Crippen LogP contribution is -2.16. The average molecular weight is 195 g/mol. The lowest BCUT2D eigenvalue weighted by molar-refractivity contribution is 0.181. The van der Waals surface area contributed by atoms with Gasteiger partial charge in [0.15, 0.2) is 0 Å². The van der Waals surface area contributed by atoms with E-state index in [1.54, 1.807) is 14.2 Å². The molecule has 1 rings (SSSR count). The van der Waals surface area contributed by atoms with Crippen LogP contribution in [0.3, 0.4) is 0 Å². The predicted molar refractivity (Wildman–Crippen MR) is 56.5 cm³/mol. The third-order valence-corrected chi connectivity index (χ3v) is 2.21. The van der Waals surface area contributed by atoms with Crippen molar-refractivity contribution in [3.63, 3.8) is 0 Å². The number of hydrogen-bond donors (Lipinski definition) is 1. The van der Waals surface area contributed by atoms with Crippen LogP contribution in [0.5, 0.6) is 5.75 Å². The number of rotatable bonds is 4. The first-order valence-electron chi connectivity index (χ1n) is 4.58. The molecule has 0 aliphatic rings. The minimum absolute atomic E-state index is 0.0884. The number of aryl methyl sites for hydroxylation is 1. The minimum atomic E-state index is -0.0884. The first-order chi connectivity index (χ1) is 6.69. The van der Waals surface area contributed by atoms with E-state index in [0.717, 1.165) is 16.9 Å². The summed E-state index contributed by atoms with van der Waals surface area (Å²) in [6.07, 6.45) is 0. The van der Waals surface area contributed by atoms with Crippen LogP contribution in [0.4, 0.5) is 0 Å². The second kappa shape index (κ2) is 4.98. The van der Waals surface area contributed by atoms with Crippen molar-refractivity contribution in [2.24, 2.45) is 5.73 Å². The lowest BCUT2D eigenvalue weighted by Gasteiger charge is -2.13. The molecule has 1 atom stereocenters. The summed E-state index contributed by atoms with van der Waals surface area (Å²) in [7, 11) is 3.30. The molecule has 0 fully saturated rings. The maximum Gasteiger partial charge on any atom is 0.122 e. The standard InChI is InChI=1S/C11H17NO2/c1-8-4-5-9(6-11(8)14-3)10(12)7-13-2/h4-6,10H,7,12H2,1-3H3/t10-/m1/s1. The van der Waals surface area contributed by atoms with E-state index in [1.165, 1.54) is 0 Å². The molecular formula is C11H17NO2. The van der Waals surface area contributed by atoms with E-state index in [9.17, 15) is 0 Å². The molecule has 2 N–H and O–H groups in total. The van der Waals surface area contributed by atoms with E-state index in [2.05, 4.69) is 0 Å². The van der Waals surface area contributed by atoms with Crippen LogP contribution in [-0.4, -0.2) is 20.8 Å². The fourth-order valence-corrected chi connectivity index (χ4v) is 1.34. The molecule has 0 amide bonds. The van der Waals surface area contributed by atoms with Gasteiger partial charge in [-0.15, -0.1) is 0 Å². The number of hydrogen-bond acceptors (Lipinski definition) is 3. The average Bonchev–Trinajstić information content (AvgIpc) is 2.19. The first kappa shape index (κ1) is 11.0. The van der Waals surface area contributed by atoms with Crippen LogP contribution in [0, 0.1) is 6.92 Å². The normalized spacial score (nSPS) is 12.6. The summed E-state index contributed by atoms with van der Waals surface area (Å²) in [4.78, 5) is 0. The van der Waals surface area contributed by atoms with Crippen LogP contribution in [0.2, 0.25) is 0 Å². The Morgan fingerprint density at radius 2 is 2.07 bits per heavy atom. The summed E-state index contributed by atoms with van der Waals surface area (Å²) in [5, 5.41) is 0. The topological polar surface area (TPSA) is 44.5 Å². The van der Waals surface area contributed by atoms with Crippen molar-refractivity contribution in [2.75, 3.05) is 20.8 Å². The van der Waals surface area contributed by atoms with E-state index in [-0.39, 0.29) is 6.04 Å². The van der Waals surface area contributed by atoms with Crippen molar-refractivity contribution in [3.8, 4) is 5.75 Å². The molecule has 14 heavy (non-hydrogen) atoms. The third-order valence-electron chi connectivity index (χ3n) is 2.21. The Labute approximate surface area is 84.8 Å². The van der Waals surface area contributed by atoms with Crippen LogP contribution < -0.4 is 10.5 Å². The van der Waals surface area contributed by atoms with E-state index in [1.807, 2.05) is 25.1 Å². The molecule has 1 aromatic rings. The van der Waals surface area contributed by atoms with Crippen LogP contribution >= 0.6 is 0 Å². The number of nitrogens with two attached hydrogens (primary N) is 1. The Morgan fingerprint density at radius 1 is 1.36 bits per heavy atom. The highest BCUT2D eigenvalue weighted by Gasteiger charge is 2.07. The van der Waals surface area contributed by atoms with Crippen molar-refractivity contribution in [2.45, 2.75) is 13.0 Å². The molecule has 0 spiro atoms. The highest BCUT2D eigenvalue weighted by Crippen LogP contribution is 2.22. The van der Waals surface area contributed by atoms with E-state index >= 15 is 0 Å². The molecule has 0 saturated heterocycles. The third kappa shape index (κ3) is 2.47. The second-order valence-corrected chi connectivity index (χ2v) is 3.29. The molecule has 0 aliphatic carbocycles. The molecule has 0 aromatic heterocycles. The SMILES string of the molecule is COC[C@@H](N)c1ccc(C)c(OC)c1. The van der Waals surface area contributed by atoms with Crippen LogP contribution in [0.15, 0.2) is 18.2 Å². The van der Waals surface area contributed by atoms with E-state index in [4.69, 9.17) is 15.2 Å². The Balaban J connectivity index is 2.88. The summed E-state index contributed by atoms with van der Waals surface area (Å²) < 4.78 is 10.2. The summed E-state index contributed by atoms with van der Waals surface area (Å²) in [6, 6.07) is 5.87. The molecule has 78 valence electrons. The molecule has 0 bridgehead atoms. The molecule has 0 radical (unpaired) electrons. The van der Waals surface area contributed by atoms with Crippen molar-refractivity contribution >= 4 is 0 Å². The lowest BCUT2D eigenvalue weighted by atomic mass is 10.1. The Hall–Kier alpha value is -1.06. The quantitative estimate of drug-likeness (QED) is 0.794. The fraction of sp³-hybridized carbons (Fsp3) is 0.455. The van der Waals surface area contributed by atoms with Crippen LogP contribution in [-0.2, 0) is 4.74 Å². The molecule has 0 heterocycles. The van der Waals surface area contributed by atoms with E-state index in [0.29, 0.717) is 6.61 Å². The van der Waals surface area contributed by atoms with Gasteiger partial charge in [0.25, 0.3) is 0 Å². The van der Waals surface area contributed by atoms with Gasteiger partial charge in [-0.2, -0.15) is 0 Å². The molecule has 3 heteroatoms. The zero-order valence-electron chi connectivity index (χ0n) is 8.91. The van der Waals surface area contributed by atoms with Gasteiger partial charge in [-0.25, -0.2) is 0 Å². The van der Waals surface area contributed by atoms with Crippen molar-refractivity contribution in [3.05, 3.63) is 29.3 Å². The van der Waals surface area contributed by atoms with E-state index < -0.39 is 0 Å². The van der Waals surface area contributed by atoms with Gasteiger partial charge in [-0.05, 0) is 24.1 Å². The maximum atomic E-state index is 5.90. The monoisotopic (exact) mass is 195 g/mol. The molecule has 3 nitrogen and oxygen atoms in total. The predicted octanol–water partition coefficient (Wildman–Crippen LogP) is 1.65. The Morgan fingerprint density at radius 3 is 2.64 bits per heavy atom. The number of methoxy groups -OCH3 is 2. The number of ether oxygens (including phenoxy) is 2. The highest BCUT2D eigenvalue weighted by molar-refractivity contribution is 5.37. The van der Waals surface area contributed by atoms with Gasteiger partial charge in [-0.1, -0.05) is 12.1 Å². The summed E-state index contributed by atoms with van der Waals surface area (Å²) in [5.74, 6) is 0.869. The zero-order chi connectivity index (χ0) is 10.6. The summed E-state index contributed by atoms with van der Waals surface area (Å²) in [5.41, 5.74) is 8.05. The second-order valence-electron chi connectivity index (χ2n) is 3.29. The minimum Gasteiger partial charge on any atom is -0.496 e. The Bertz CT molecular complexity index is 299. The van der Waals surface area contributed by atoms with Gasteiger partial charge >= 0.3 is 0 Å². The van der Waals surface area contributed by atoms with Gasteiger partial charge in [0.2, 0.25) is 0 Å². The summed E-state index contributed by atoms with van der Waals surface area (Å²) in [6.45, 7) is 2.52. The molecular weight excluding hydrogens is 178 g/mol. The van der Waals surface area contributed by atoms with Gasteiger partial charge in [0.1, 0.15) is 5.75 Å². The largest absolute Gasteiger partial charge is 0.496 e. The van der Waals surface area contributed by atoms with Crippen molar-refractivity contribution in [1.29, 1.82) is 0 Å². The fourth-order valence-electron chi connectivity index (χ4n) is 1.34. The maximum absolute atomic E-state index is 5.90. The molecule has 1 aromatic carbocycles.